The van der Waals surface area contributed by atoms with Gasteiger partial charge in [-0.3, -0.25) is 4.79 Å². The van der Waals surface area contributed by atoms with E-state index in [9.17, 15) is 13.2 Å². The first-order valence-electron chi connectivity index (χ1n) is 9.55. The summed E-state index contributed by atoms with van der Waals surface area (Å²) in [6.07, 6.45) is 1.92. The zero-order valence-electron chi connectivity index (χ0n) is 16.9. The van der Waals surface area contributed by atoms with Crippen molar-refractivity contribution in [1.82, 2.24) is 19.3 Å². The first kappa shape index (κ1) is 21.3. The Hall–Kier alpha value is -2.46. The first-order valence-corrected chi connectivity index (χ1v) is 11.0. The van der Waals surface area contributed by atoms with Crippen molar-refractivity contribution in [3.05, 3.63) is 36.0 Å². The minimum absolute atomic E-state index is 0.129. The molecule has 10 heteroatoms. The molecular weight excluding hydrogens is 396 g/mol. The second kappa shape index (κ2) is 8.91. The van der Waals surface area contributed by atoms with Crippen LogP contribution in [0.1, 0.15) is 31.5 Å². The van der Waals surface area contributed by atoms with E-state index < -0.39 is 15.9 Å². The number of aromatic nitrogens is 2. The number of hydrogen-bond acceptors (Lipinski definition) is 7. The van der Waals surface area contributed by atoms with Crippen LogP contribution in [0.25, 0.3) is 0 Å². The van der Waals surface area contributed by atoms with Crippen LogP contribution in [0.15, 0.2) is 33.7 Å². The van der Waals surface area contributed by atoms with Crippen LogP contribution < -0.4 is 4.74 Å². The highest BCUT2D eigenvalue weighted by Gasteiger charge is 2.34. The number of carbonyl (C=O) groups is 1. The van der Waals surface area contributed by atoms with Crippen molar-refractivity contribution in [1.29, 1.82) is 0 Å². The molecule has 0 spiro atoms. The van der Waals surface area contributed by atoms with E-state index in [1.165, 1.54) is 28.4 Å². The molecule has 3 rings (SSSR count). The molecule has 158 valence electrons. The molecule has 1 aromatic heterocycles. The Morgan fingerprint density at radius 2 is 2.07 bits per heavy atom. The third-order valence-electron chi connectivity index (χ3n) is 5.01. The van der Waals surface area contributed by atoms with Crippen molar-refractivity contribution in [2.45, 2.75) is 37.6 Å². The molecule has 1 aliphatic rings. The summed E-state index contributed by atoms with van der Waals surface area (Å²) in [6.45, 7) is 2.67. The number of aryl methyl sites for hydroxylation is 1. The van der Waals surface area contributed by atoms with Crippen LogP contribution in [-0.4, -0.2) is 60.9 Å². The maximum atomic E-state index is 13.0. The molecule has 1 saturated heterocycles. The normalized spacial score (nSPS) is 17.8. The van der Waals surface area contributed by atoms with E-state index in [-0.39, 0.29) is 23.9 Å². The smallest absolute Gasteiger partial charge is 0.246 e. The SMILES string of the molecule is CCc1noc(CN(C)C(=O)C2CCCN(S(=O)(=O)c3ccc(OC)cc3)C2)n1. The average molecular weight is 423 g/mol. The first-order chi connectivity index (χ1) is 13.8. The van der Waals surface area contributed by atoms with E-state index in [2.05, 4.69) is 10.1 Å². The predicted octanol–water partition coefficient (Wildman–Crippen LogP) is 1.70. The second-order valence-electron chi connectivity index (χ2n) is 7.03. The van der Waals surface area contributed by atoms with E-state index >= 15 is 0 Å². The van der Waals surface area contributed by atoms with Gasteiger partial charge in [-0.05, 0) is 37.1 Å². The molecule has 1 unspecified atom stereocenters. The summed E-state index contributed by atoms with van der Waals surface area (Å²) < 4.78 is 37.6. The van der Waals surface area contributed by atoms with Crippen molar-refractivity contribution in [3.8, 4) is 5.75 Å². The standard InChI is InChI=1S/C19H26N4O5S/c1-4-17-20-18(28-21-17)13-22(2)19(24)14-6-5-11-23(12-14)29(25,26)16-9-7-15(27-3)8-10-16/h7-10,14H,4-6,11-13H2,1-3H3. The van der Waals surface area contributed by atoms with E-state index in [1.54, 1.807) is 19.2 Å². The molecule has 1 aromatic carbocycles. The number of carbonyl (C=O) groups excluding carboxylic acids is 1. The summed E-state index contributed by atoms with van der Waals surface area (Å²) in [5.74, 6) is 1.02. The third kappa shape index (κ3) is 4.76. The van der Waals surface area contributed by atoms with Crippen LogP contribution >= 0.6 is 0 Å². The van der Waals surface area contributed by atoms with E-state index in [1.807, 2.05) is 6.92 Å². The summed E-state index contributed by atoms with van der Waals surface area (Å²) in [6, 6.07) is 6.27. The molecule has 0 saturated carbocycles. The third-order valence-corrected chi connectivity index (χ3v) is 6.88. The Morgan fingerprint density at radius 3 is 2.69 bits per heavy atom. The fraction of sp³-hybridized carbons (Fsp3) is 0.526. The van der Waals surface area contributed by atoms with Gasteiger partial charge in [0.15, 0.2) is 5.82 Å². The number of piperidine rings is 1. The zero-order chi connectivity index (χ0) is 21.0. The van der Waals surface area contributed by atoms with Crippen molar-refractivity contribution >= 4 is 15.9 Å². The fourth-order valence-electron chi connectivity index (χ4n) is 3.35. The van der Waals surface area contributed by atoms with E-state index in [4.69, 9.17) is 9.26 Å². The lowest BCUT2D eigenvalue weighted by atomic mass is 9.98. The highest BCUT2D eigenvalue weighted by atomic mass is 32.2. The van der Waals surface area contributed by atoms with Gasteiger partial charge >= 0.3 is 0 Å². The van der Waals surface area contributed by atoms with Gasteiger partial charge < -0.3 is 14.2 Å². The van der Waals surface area contributed by atoms with Gasteiger partial charge in [-0.1, -0.05) is 12.1 Å². The Bertz CT molecular complexity index is 942. The molecule has 0 bridgehead atoms. The fourth-order valence-corrected chi connectivity index (χ4v) is 4.87. The van der Waals surface area contributed by atoms with Crippen LogP contribution in [-0.2, 0) is 27.8 Å². The van der Waals surface area contributed by atoms with Gasteiger partial charge in [0.1, 0.15) is 5.75 Å². The summed E-state index contributed by atoms with van der Waals surface area (Å²) in [7, 11) is -0.484. The van der Waals surface area contributed by atoms with E-state index in [0.29, 0.717) is 43.3 Å². The van der Waals surface area contributed by atoms with Gasteiger partial charge in [0.05, 0.1) is 24.5 Å². The molecule has 29 heavy (non-hydrogen) atoms. The molecule has 0 N–H and O–H groups in total. The molecule has 1 amide bonds. The van der Waals surface area contributed by atoms with Crippen LogP contribution in [0, 0.1) is 5.92 Å². The van der Waals surface area contributed by atoms with Gasteiger partial charge in [-0.25, -0.2) is 8.42 Å². The summed E-state index contributed by atoms with van der Waals surface area (Å²) in [5.41, 5.74) is 0. The summed E-state index contributed by atoms with van der Waals surface area (Å²) in [4.78, 5) is 18.8. The lowest BCUT2D eigenvalue weighted by Gasteiger charge is -2.33. The quantitative estimate of drug-likeness (QED) is 0.668. The topological polar surface area (TPSA) is 106 Å². The van der Waals surface area contributed by atoms with Gasteiger partial charge in [0.2, 0.25) is 21.8 Å². The number of methoxy groups -OCH3 is 1. The number of ether oxygens (including phenoxy) is 1. The molecule has 1 aliphatic heterocycles. The van der Waals surface area contributed by atoms with Crippen molar-refractivity contribution in [2.24, 2.45) is 5.92 Å². The second-order valence-corrected chi connectivity index (χ2v) is 8.97. The number of sulfonamides is 1. The molecule has 1 fully saturated rings. The Kier molecular flexibility index (Phi) is 6.53. The molecular formula is C19H26N4O5S. The van der Waals surface area contributed by atoms with E-state index in [0.717, 1.165) is 0 Å². The molecule has 2 heterocycles. The summed E-state index contributed by atoms with van der Waals surface area (Å²) in [5, 5.41) is 3.83. The average Bonchev–Trinajstić information content (AvgIpc) is 3.20. The summed E-state index contributed by atoms with van der Waals surface area (Å²) >= 11 is 0. The maximum absolute atomic E-state index is 13.0. The largest absolute Gasteiger partial charge is 0.497 e. The molecule has 2 aromatic rings. The van der Waals surface area contributed by atoms with Gasteiger partial charge in [0, 0.05) is 26.6 Å². The molecule has 9 nitrogen and oxygen atoms in total. The van der Waals surface area contributed by atoms with Crippen LogP contribution in [0.5, 0.6) is 5.75 Å². The number of hydrogen-bond donors (Lipinski definition) is 0. The Balaban J connectivity index is 1.67. The Morgan fingerprint density at radius 1 is 1.34 bits per heavy atom. The number of amides is 1. The van der Waals surface area contributed by atoms with Crippen molar-refractivity contribution in [3.63, 3.8) is 0 Å². The zero-order valence-corrected chi connectivity index (χ0v) is 17.7. The van der Waals surface area contributed by atoms with Crippen molar-refractivity contribution < 1.29 is 22.5 Å². The minimum atomic E-state index is -3.67. The van der Waals surface area contributed by atoms with Crippen LogP contribution in [0.2, 0.25) is 0 Å². The lowest BCUT2D eigenvalue weighted by molar-refractivity contribution is -0.136. The lowest BCUT2D eigenvalue weighted by Crippen LogP contribution is -2.45. The van der Waals surface area contributed by atoms with Gasteiger partial charge in [-0.15, -0.1) is 0 Å². The Labute approximate surface area is 170 Å². The molecule has 1 atom stereocenters. The maximum Gasteiger partial charge on any atom is 0.246 e. The predicted molar refractivity (Wildman–Crippen MR) is 105 cm³/mol. The van der Waals surface area contributed by atoms with Crippen LogP contribution in [0.3, 0.4) is 0 Å². The number of benzene rings is 1. The van der Waals surface area contributed by atoms with Crippen LogP contribution in [0.4, 0.5) is 0 Å². The number of rotatable bonds is 7. The van der Waals surface area contributed by atoms with Gasteiger partial charge in [-0.2, -0.15) is 9.29 Å². The highest BCUT2D eigenvalue weighted by molar-refractivity contribution is 7.89. The molecule has 0 radical (unpaired) electrons. The monoisotopic (exact) mass is 422 g/mol. The van der Waals surface area contributed by atoms with Crippen molar-refractivity contribution in [2.75, 3.05) is 27.2 Å². The molecule has 0 aliphatic carbocycles. The minimum Gasteiger partial charge on any atom is -0.497 e. The highest BCUT2D eigenvalue weighted by Crippen LogP contribution is 2.26. The van der Waals surface area contributed by atoms with Gasteiger partial charge in [0.25, 0.3) is 0 Å². The number of nitrogens with zero attached hydrogens (tertiary/aromatic N) is 4.